The number of pyridine rings is 1. The van der Waals surface area contributed by atoms with Crippen LogP contribution in [0.2, 0.25) is 10.2 Å². The number of aromatic nitrogens is 1. The van der Waals surface area contributed by atoms with Gasteiger partial charge in [0.05, 0.1) is 0 Å². The Morgan fingerprint density at radius 1 is 1.27 bits per heavy atom. The maximum absolute atomic E-state index is 10.7. The van der Waals surface area contributed by atoms with Crippen molar-refractivity contribution in [3.63, 3.8) is 0 Å². The average molecular weight is 242 g/mol. The van der Waals surface area contributed by atoms with Crippen LogP contribution >= 0.6 is 23.2 Å². The van der Waals surface area contributed by atoms with Crippen LogP contribution < -0.4 is 0 Å². The van der Waals surface area contributed by atoms with Crippen molar-refractivity contribution >= 4 is 39.9 Å². The van der Waals surface area contributed by atoms with Gasteiger partial charge < -0.3 is 5.11 Å². The number of rotatable bonds is 1. The number of halogens is 2. The highest BCUT2D eigenvalue weighted by atomic mass is 35.5. The Bertz CT molecular complexity index is 554. The second kappa shape index (κ2) is 3.68. The van der Waals surface area contributed by atoms with E-state index in [0.29, 0.717) is 15.8 Å². The summed E-state index contributed by atoms with van der Waals surface area (Å²) in [4.78, 5) is 14.5. The number of hydrogen-bond donors (Lipinski definition) is 1. The van der Waals surface area contributed by atoms with E-state index in [9.17, 15) is 4.79 Å². The van der Waals surface area contributed by atoms with Crippen molar-refractivity contribution in [2.24, 2.45) is 0 Å². The highest BCUT2D eigenvalue weighted by Crippen LogP contribution is 2.25. The van der Waals surface area contributed by atoms with Gasteiger partial charge in [0.15, 0.2) is 5.69 Å². The molecule has 1 aromatic carbocycles. The van der Waals surface area contributed by atoms with Crippen molar-refractivity contribution in [2.75, 3.05) is 0 Å². The SMILES string of the molecule is O=C(O)c1cc2ccc(Cl)cc2c(Cl)n1. The molecule has 0 unspecified atom stereocenters. The maximum atomic E-state index is 10.7. The Morgan fingerprint density at radius 2 is 2.00 bits per heavy atom. The topological polar surface area (TPSA) is 50.2 Å². The Hall–Kier alpha value is -1.32. The molecule has 5 heteroatoms. The molecule has 15 heavy (non-hydrogen) atoms. The van der Waals surface area contributed by atoms with Crippen LogP contribution in [0.5, 0.6) is 0 Å². The zero-order chi connectivity index (χ0) is 11.0. The zero-order valence-electron chi connectivity index (χ0n) is 7.37. The first kappa shape index (κ1) is 10.2. The third-order valence-corrected chi connectivity index (χ3v) is 2.49. The Morgan fingerprint density at radius 3 is 2.67 bits per heavy atom. The molecular formula is C10H5Cl2NO2. The Balaban J connectivity index is 2.78. The molecule has 1 N–H and O–H groups in total. The maximum Gasteiger partial charge on any atom is 0.354 e. The van der Waals surface area contributed by atoms with Crippen LogP contribution in [0, 0.1) is 0 Å². The van der Waals surface area contributed by atoms with Crippen molar-refractivity contribution in [1.29, 1.82) is 0 Å². The summed E-state index contributed by atoms with van der Waals surface area (Å²) in [5, 5.41) is 10.8. The van der Waals surface area contributed by atoms with Crippen LogP contribution in [0.15, 0.2) is 24.3 Å². The molecule has 3 nitrogen and oxygen atoms in total. The monoisotopic (exact) mass is 241 g/mol. The lowest BCUT2D eigenvalue weighted by Gasteiger charge is -2.02. The summed E-state index contributed by atoms with van der Waals surface area (Å²) in [6.07, 6.45) is 0. The fourth-order valence-electron chi connectivity index (χ4n) is 1.29. The van der Waals surface area contributed by atoms with Gasteiger partial charge in [0.25, 0.3) is 0 Å². The highest BCUT2D eigenvalue weighted by Gasteiger charge is 2.09. The van der Waals surface area contributed by atoms with Crippen LogP contribution in [0.1, 0.15) is 10.5 Å². The smallest absolute Gasteiger partial charge is 0.354 e. The number of carboxylic acid groups (broad SMARTS) is 1. The van der Waals surface area contributed by atoms with E-state index in [4.69, 9.17) is 28.3 Å². The van der Waals surface area contributed by atoms with Crippen LogP contribution in [-0.4, -0.2) is 16.1 Å². The van der Waals surface area contributed by atoms with Gasteiger partial charge in [-0.3, -0.25) is 0 Å². The van der Waals surface area contributed by atoms with Crippen molar-refractivity contribution in [1.82, 2.24) is 4.98 Å². The van der Waals surface area contributed by atoms with Crippen molar-refractivity contribution in [3.8, 4) is 0 Å². The van der Waals surface area contributed by atoms with Gasteiger partial charge in [0, 0.05) is 10.4 Å². The van der Waals surface area contributed by atoms with Gasteiger partial charge in [0.1, 0.15) is 5.15 Å². The molecule has 76 valence electrons. The Kier molecular flexibility index (Phi) is 2.50. The third-order valence-electron chi connectivity index (χ3n) is 1.97. The number of hydrogen-bond acceptors (Lipinski definition) is 2. The molecule has 1 heterocycles. The first-order valence-electron chi connectivity index (χ1n) is 4.07. The zero-order valence-corrected chi connectivity index (χ0v) is 8.88. The van der Waals surface area contributed by atoms with Gasteiger partial charge in [-0.1, -0.05) is 29.3 Å². The number of nitrogens with zero attached hydrogens (tertiary/aromatic N) is 1. The molecule has 0 spiro atoms. The first-order chi connectivity index (χ1) is 7.08. The van der Waals surface area contributed by atoms with Gasteiger partial charge in [-0.2, -0.15) is 0 Å². The molecule has 0 atom stereocenters. The van der Waals surface area contributed by atoms with Crippen LogP contribution in [0.4, 0.5) is 0 Å². The minimum Gasteiger partial charge on any atom is -0.477 e. The van der Waals surface area contributed by atoms with Gasteiger partial charge in [0.2, 0.25) is 0 Å². The summed E-state index contributed by atoms with van der Waals surface area (Å²) < 4.78 is 0. The lowest BCUT2D eigenvalue weighted by molar-refractivity contribution is 0.0691. The standard InChI is InChI=1S/C10H5Cl2NO2/c11-6-2-1-5-3-8(10(14)15)13-9(12)7(5)4-6/h1-4H,(H,14,15). The van der Waals surface area contributed by atoms with E-state index in [-0.39, 0.29) is 10.8 Å². The number of aromatic carboxylic acids is 1. The molecule has 1 aromatic heterocycles. The number of benzene rings is 1. The second-order valence-corrected chi connectivity index (χ2v) is 3.76. The van der Waals surface area contributed by atoms with Gasteiger partial charge in [-0.25, -0.2) is 9.78 Å². The molecule has 0 aliphatic carbocycles. The predicted octanol–water partition coefficient (Wildman–Crippen LogP) is 3.24. The fraction of sp³-hybridized carbons (Fsp3) is 0. The molecule has 0 fully saturated rings. The second-order valence-electron chi connectivity index (χ2n) is 2.97. The van der Waals surface area contributed by atoms with Crippen molar-refractivity contribution < 1.29 is 9.90 Å². The number of carbonyl (C=O) groups is 1. The lowest BCUT2D eigenvalue weighted by Crippen LogP contribution is -2.00. The van der Waals surface area contributed by atoms with E-state index in [0.717, 1.165) is 0 Å². The molecule has 0 aliphatic heterocycles. The molecular weight excluding hydrogens is 237 g/mol. The molecule has 0 saturated carbocycles. The van der Waals surface area contributed by atoms with Crippen LogP contribution in [0.3, 0.4) is 0 Å². The normalized spacial score (nSPS) is 10.5. The van der Waals surface area contributed by atoms with E-state index >= 15 is 0 Å². The summed E-state index contributed by atoms with van der Waals surface area (Å²) >= 11 is 11.6. The Labute approximate surface area is 95.3 Å². The minimum atomic E-state index is -1.10. The number of fused-ring (bicyclic) bond motifs is 1. The molecule has 2 aromatic rings. The van der Waals surface area contributed by atoms with Crippen molar-refractivity contribution in [2.45, 2.75) is 0 Å². The van der Waals surface area contributed by atoms with Gasteiger partial charge >= 0.3 is 5.97 Å². The van der Waals surface area contributed by atoms with E-state index in [1.807, 2.05) is 0 Å². The minimum absolute atomic E-state index is 0.0742. The largest absolute Gasteiger partial charge is 0.477 e. The van der Waals surface area contributed by atoms with E-state index in [2.05, 4.69) is 4.98 Å². The van der Waals surface area contributed by atoms with E-state index in [1.54, 1.807) is 18.2 Å². The summed E-state index contributed by atoms with van der Waals surface area (Å²) in [6.45, 7) is 0. The van der Waals surface area contributed by atoms with Gasteiger partial charge in [-0.05, 0) is 23.6 Å². The van der Waals surface area contributed by atoms with Crippen LogP contribution in [0.25, 0.3) is 10.8 Å². The van der Waals surface area contributed by atoms with Gasteiger partial charge in [-0.15, -0.1) is 0 Å². The molecule has 0 amide bonds. The highest BCUT2D eigenvalue weighted by molar-refractivity contribution is 6.36. The van der Waals surface area contributed by atoms with Crippen LogP contribution in [-0.2, 0) is 0 Å². The van der Waals surface area contributed by atoms with E-state index < -0.39 is 5.97 Å². The molecule has 0 aliphatic rings. The summed E-state index contributed by atoms with van der Waals surface area (Å²) in [7, 11) is 0. The summed E-state index contributed by atoms with van der Waals surface area (Å²) in [5.41, 5.74) is -0.0742. The molecule has 0 saturated heterocycles. The number of carboxylic acids is 1. The molecule has 2 rings (SSSR count). The lowest BCUT2D eigenvalue weighted by atomic mass is 10.1. The van der Waals surface area contributed by atoms with E-state index in [1.165, 1.54) is 6.07 Å². The predicted molar refractivity (Wildman–Crippen MR) is 58.7 cm³/mol. The summed E-state index contributed by atoms with van der Waals surface area (Å²) in [5.74, 6) is -1.10. The quantitative estimate of drug-likeness (QED) is 0.781. The molecule has 0 radical (unpaired) electrons. The summed E-state index contributed by atoms with van der Waals surface area (Å²) in [6, 6.07) is 6.49. The molecule has 0 bridgehead atoms. The van der Waals surface area contributed by atoms with Crippen molar-refractivity contribution in [3.05, 3.63) is 40.1 Å². The fourth-order valence-corrected chi connectivity index (χ4v) is 1.71. The third kappa shape index (κ3) is 1.89. The first-order valence-corrected chi connectivity index (χ1v) is 4.82. The average Bonchev–Trinajstić information content (AvgIpc) is 2.18.